The quantitative estimate of drug-likeness (QED) is 0.878. The maximum atomic E-state index is 12.3. The largest absolute Gasteiger partial charge is 0.495 e. The second kappa shape index (κ2) is 6.42. The fourth-order valence-electron chi connectivity index (χ4n) is 2.05. The van der Waals surface area contributed by atoms with Gasteiger partial charge in [0.2, 0.25) is 5.95 Å². The molecule has 2 aromatic rings. The summed E-state index contributed by atoms with van der Waals surface area (Å²) in [6, 6.07) is 3.91. The Morgan fingerprint density at radius 2 is 2.00 bits per heavy atom. The van der Waals surface area contributed by atoms with Crippen molar-refractivity contribution in [1.82, 2.24) is 9.97 Å². The van der Waals surface area contributed by atoms with Crippen LogP contribution in [0.3, 0.4) is 0 Å². The second-order valence-corrected chi connectivity index (χ2v) is 5.88. The molecule has 1 aliphatic rings. The number of aromatic nitrogens is 2. The number of aryl methyl sites for hydroxylation is 1. The van der Waals surface area contributed by atoms with Crippen LogP contribution in [0, 0.1) is 6.92 Å². The van der Waals surface area contributed by atoms with Gasteiger partial charge in [-0.15, -0.1) is 0 Å². The highest BCUT2D eigenvalue weighted by molar-refractivity contribution is 6.31. The van der Waals surface area contributed by atoms with E-state index in [0.29, 0.717) is 34.0 Å². The number of methoxy groups -OCH3 is 1. The predicted octanol–water partition coefficient (Wildman–Crippen LogP) is 3.27. The van der Waals surface area contributed by atoms with E-state index in [9.17, 15) is 4.79 Å². The molecule has 23 heavy (non-hydrogen) atoms. The Kier molecular flexibility index (Phi) is 4.34. The van der Waals surface area contributed by atoms with Gasteiger partial charge in [-0.3, -0.25) is 4.79 Å². The third kappa shape index (κ3) is 3.71. The first-order chi connectivity index (χ1) is 11.1. The van der Waals surface area contributed by atoms with Crippen LogP contribution < -0.4 is 15.4 Å². The highest BCUT2D eigenvalue weighted by Crippen LogP contribution is 2.31. The van der Waals surface area contributed by atoms with Crippen molar-refractivity contribution in [2.45, 2.75) is 25.8 Å². The highest BCUT2D eigenvalue weighted by Gasteiger charge is 2.22. The van der Waals surface area contributed by atoms with Gasteiger partial charge in [-0.25, -0.2) is 9.97 Å². The van der Waals surface area contributed by atoms with Crippen LogP contribution in [-0.4, -0.2) is 29.0 Å². The lowest BCUT2D eigenvalue weighted by Crippen LogP contribution is -2.14. The summed E-state index contributed by atoms with van der Waals surface area (Å²) >= 11 is 6.06. The van der Waals surface area contributed by atoms with Crippen molar-refractivity contribution >= 4 is 29.1 Å². The highest BCUT2D eigenvalue weighted by atomic mass is 35.5. The molecule has 1 aromatic carbocycles. The van der Waals surface area contributed by atoms with Gasteiger partial charge >= 0.3 is 0 Å². The van der Waals surface area contributed by atoms with Gasteiger partial charge in [0, 0.05) is 29.5 Å². The molecule has 120 valence electrons. The Labute approximate surface area is 139 Å². The van der Waals surface area contributed by atoms with E-state index in [1.165, 1.54) is 19.5 Å². The number of rotatable bonds is 5. The van der Waals surface area contributed by atoms with Crippen molar-refractivity contribution in [2.75, 3.05) is 17.7 Å². The van der Waals surface area contributed by atoms with Crippen molar-refractivity contribution in [3.63, 3.8) is 0 Å². The number of benzene rings is 1. The average molecular weight is 333 g/mol. The smallest absolute Gasteiger partial charge is 0.258 e. The fraction of sp³-hybridized carbons (Fsp3) is 0.312. The van der Waals surface area contributed by atoms with E-state index in [0.717, 1.165) is 18.4 Å². The first-order valence-electron chi connectivity index (χ1n) is 7.31. The molecule has 7 heteroatoms. The van der Waals surface area contributed by atoms with Crippen LogP contribution in [0.1, 0.15) is 28.8 Å². The minimum absolute atomic E-state index is 0.303. The maximum absolute atomic E-state index is 12.3. The molecule has 0 aliphatic heterocycles. The van der Waals surface area contributed by atoms with Crippen LogP contribution in [0.4, 0.5) is 11.6 Å². The van der Waals surface area contributed by atoms with E-state index in [1.807, 2.05) is 6.92 Å². The fourth-order valence-corrected chi connectivity index (χ4v) is 2.21. The van der Waals surface area contributed by atoms with E-state index in [4.69, 9.17) is 16.3 Å². The van der Waals surface area contributed by atoms with E-state index in [-0.39, 0.29) is 5.91 Å². The summed E-state index contributed by atoms with van der Waals surface area (Å²) in [4.78, 5) is 20.6. The number of amides is 1. The number of nitrogens with zero attached hydrogens (tertiary/aromatic N) is 2. The van der Waals surface area contributed by atoms with Gasteiger partial charge in [0.1, 0.15) is 5.75 Å². The average Bonchev–Trinajstić information content (AvgIpc) is 3.35. The summed E-state index contributed by atoms with van der Waals surface area (Å²) < 4.78 is 5.25. The number of halogens is 1. The maximum Gasteiger partial charge on any atom is 0.258 e. The van der Waals surface area contributed by atoms with E-state index >= 15 is 0 Å². The molecular weight excluding hydrogens is 316 g/mol. The van der Waals surface area contributed by atoms with Gasteiger partial charge in [0.05, 0.1) is 18.4 Å². The lowest BCUT2D eigenvalue weighted by molar-refractivity contribution is 0.102. The van der Waals surface area contributed by atoms with Crippen LogP contribution in [0.25, 0.3) is 0 Å². The number of carbonyl (C=O) groups excluding carboxylic acids is 1. The van der Waals surface area contributed by atoms with Gasteiger partial charge in [0.15, 0.2) is 0 Å². The van der Waals surface area contributed by atoms with E-state index in [1.54, 1.807) is 12.1 Å². The minimum Gasteiger partial charge on any atom is -0.495 e. The van der Waals surface area contributed by atoms with Crippen LogP contribution in [-0.2, 0) is 0 Å². The first-order valence-corrected chi connectivity index (χ1v) is 7.68. The zero-order valence-corrected chi connectivity index (χ0v) is 13.6. The molecule has 1 saturated carbocycles. The molecule has 0 spiro atoms. The Balaban J connectivity index is 1.74. The third-order valence-electron chi connectivity index (χ3n) is 3.55. The lowest BCUT2D eigenvalue weighted by Gasteiger charge is -2.12. The standard InChI is InChI=1S/C16H17ClN4O2/c1-9-5-13(14(23-2)6-12(9)17)21-15(22)10-7-18-16(19-8-10)20-11-3-4-11/h5-8,11H,3-4H2,1-2H3,(H,21,22)(H,18,19,20). The number of nitrogens with one attached hydrogen (secondary N) is 2. The molecule has 0 atom stereocenters. The monoisotopic (exact) mass is 332 g/mol. The minimum atomic E-state index is -0.303. The molecular formula is C16H17ClN4O2. The topological polar surface area (TPSA) is 76.1 Å². The molecule has 0 bridgehead atoms. The SMILES string of the molecule is COc1cc(Cl)c(C)cc1NC(=O)c1cnc(NC2CC2)nc1. The Bertz CT molecular complexity index is 730. The molecule has 6 nitrogen and oxygen atoms in total. The van der Waals surface area contributed by atoms with Gasteiger partial charge in [-0.05, 0) is 31.4 Å². The summed E-state index contributed by atoms with van der Waals surface area (Å²) in [5, 5.41) is 6.55. The summed E-state index contributed by atoms with van der Waals surface area (Å²) in [7, 11) is 1.53. The number of hydrogen-bond donors (Lipinski definition) is 2. The zero-order chi connectivity index (χ0) is 16.4. The summed E-state index contributed by atoms with van der Waals surface area (Å²) in [5.74, 6) is 0.744. The molecule has 1 amide bonds. The molecule has 0 radical (unpaired) electrons. The molecule has 1 heterocycles. The Hall–Kier alpha value is -2.34. The number of anilines is 2. The molecule has 1 aliphatic carbocycles. The van der Waals surface area contributed by atoms with Gasteiger partial charge in [-0.2, -0.15) is 0 Å². The molecule has 0 saturated heterocycles. The van der Waals surface area contributed by atoms with Crippen LogP contribution in [0.15, 0.2) is 24.5 Å². The summed E-state index contributed by atoms with van der Waals surface area (Å²) in [6.45, 7) is 1.86. The van der Waals surface area contributed by atoms with Crippen molar-refractivity contribution in [3.05, 3.63) is 40.7 Å². The van der Waals surface area contributed by atoms with Crippen molar-refractivity contribution in [1.29, 1.82) is 0 Å². The normalized spacial score (nSPS) is 13.5. The summed E-state index contributed by atoms with van der Waals surface area (Å²) in [5.41, 5.74) is 1.78. The molecule has 3 rings (SSSR count). The van der Waals surface area contributed by atoms with Crippen LogP contribution >= 0.6 is 11.6 Å². The second-order valence-electron chi connectivity index (χ2n) is 5.47. The molecule has 1 fully saturated rings. The third-order valence-corrected chi connectivity index (χ3v) is 3.96. The molecule has 2 N–H and O–H groups in total. The molecule has 0 unspecified atom stereocenters. The van der Waals surface area contributed by atoms with Crippen molar-refractivity contribution in [3.8, 4) is 5.75 Å². The van der Waals surface area contributed by atoms with Gasteiger partial charge < -0.3 is 15.4 Å². The van der Waals surface area contributed by atoms with Gasteiger partial charge in [0.25, 0.3) is 5.91 Å². The van der Waals surface area contributed by atoms with Crippen LogP contribution in [0.5, 0.6) is 5.75 Å². The number of hydrogen-bond acceptors (Lipinski definition) is 5. The number of ether oxygens (including phenoxy) is 1. The Morgan fingerprint density at radius 3 is 2.61 bits per heavy atom. The predicted molar refractivity (Wildman–Crippen MR) is 89.4 cm³/mol. The van der Waals surface area contributed by atoms with Crippen molar-refractivity contribution < 1.29 is 9.53 Å². The van der Waals surface area contributed by atoms with E-state index < -0.39 is 0 Å². The zero-order valence-electron chi connectivity index (χ0n) is 12.9. The first kappa shape index (κ1) is 15.6. The van der Waals surface area contributed by atoms with E-state index in [2.05, 4.69) is 20.6 Å². The Morgan fingerprint density at radius 1 is 1.30 bits per heavy atom. The van der Waals surface area contributed by atoms with Crippen LogP contribution in [0.2, 0.25) is 5.02 Å². The van der Waals surface area contributed by atoms with Crippen molar-refractivity contribution in [2.24, 2.45) is 0 Å². The lowest BCUT2D eigenvalue weighted by atomic mass is 10.2. The van der Waals surface area contributed by atoms with Gasteiger partial charge in [-0.1, -0.05) is 11.6 Å². The number of carbonyl (C=O) groups is 1. The summed E-state index contributed by atoms with van der Waals surface area (Å²) in [6.07, 6.45) is 5.28. The molecule has 1 aromatic heterocycles.